The lowest BCUT2D eigenvalue weighted by atomic mass is 9.52. The molecule has 1 aromatic rings. The lowest BCUT2D eigenvalue weighted by molar-refractivity contribution is -0.136. The summed E-state index contributed by atoms with van der Waals surface area (Å²) < 4.78 is 0. The summed E-state index contributed by atoms with van der Waals surface area (Å²) in [5.41, 5.74) is 1.66. The van der Waals surface area contributed by atoms with Crippen LogP contribution in [0.2, 0.25) is 0 Å². The molecule has 4 heteroatoms. The van der Waals surface area contributed by atoms with Crippen molar-refractivity contribution in [3.05, 3.63) is 17.2 Å². The molecule has 2 N–H and O–H groups in total. The van der Waals surface area contributed by atoms with Gasteiger partial charge in [0.2, 0.25) is 0 Å². The Morgan fingerprint density at radius 3 is 2.35 bits per heavy atom. The van der Waals surface area contributed by atoms with Crippen LogP contribution in [0.4, 0.5) is 0 Å². The second-order valence-electron chi connectivity index (χ2n) is 7.22. The largest absolute Gasteiger partial charge is 0.481 e. The summed E-state index contributed by atoms with van der Waals surface area (Å²) in [5.74, 6) is 4.34. The molecule has 0 unspecified atom stereocenters. The standard InChI is InChI=1S/C16H22N2O2/c1-8-13(7-14(19)20)18-16(17-8)15-11-3-9-2-10(5-11)6-12(15)4-9/h9-12,15H,2-7H2,1H3,(H,17,18)(H,19,20). The number of aromatic nitrogens is 2. The number of nitrogens with zero attached hydrogens (tertiary/aromatic N) is 1. The molecule has 4 aliphatic carbocycles. The maximum atomic E-state index is 10.9. The second kappa shape index (κ2) is 4.34. The molecule has 5 rings (SSSR count). The fourth-order valence-electron chi connectivity index (χ4n) is 5.37. The van der Waals surface area contributed by atoms with E-state index >= 15 is 0 Å². The van der Waals surface area contributed by atoms with E-state index in [0.717, 1.165) is 40.9 Å². The highest BCUT2D eigenvalue weighted by Crippen LogP contribution is 2.59. The molecule has 4 aliphatic rings. The quantitative estimate of drug-likeness (QED) is 0.890. The molecule has 0 spiro atoms. The molecule has 20 heavy (non-hydrogen) atoms. The van der Waals surface area contributed by atoms with Crippen LogP contribution in [-0.2, 0) is 11.2 Å². The van der Waals surface area contributed by atoms with Gasteiger partial charge in [0.05, 0.1) is 12.1 Å². The summed E-state index contributed by atoms with van der Waals surface area (Å²) in [7, 11) is 0. The van der Waals surface area contributed by atoms with Crippen LogP contribution in [-0.4, -0.2) is 21.0 Å². The van der Waals surface area contributed by atoms with Gasteiger partial charge in [-0.3, -0.25) is 4.79 Å². The van der Waals surface area contributed by atoms with Crippen molar-refractivity contribution in [1.29, 1.82) is 0 Å². The van der Waals surface area contributed by atoms with E-state index in [0.29, 0.717) is 5.92 Å². The Balaban J connectivity index is 1.63. The molecular weight excluding hydrogens is 252 g/mol. The minimum absolute atomic E-state index is 0.0373. The predicted octanol–water partition coefficient (Wildman–Crippen LogP) is 2.88. The lowest BCUT2D eigenvalue weighted by Crippen LogP contribution is -2.44. The van der Waals surface area contributed by atoms with Crippen molar-refractivity contribution in [2.75, 3.05) is 0 Å². The number of carboxylic acid groups (broad SMARTS) is 1. The Hall–Kier alpha value is -1.32. The first-order chi connectivity index (χ1) is 9.60. The van der Waals surface area contributed by atoms with E-state index in [2.05, 4.69) is 9.97 Å². The summed E-state index contributed by atoms with van der Waals surface area (Å²) in [6.07, 6.45) is 6.96. The Labute approximate surface area is 119 Å². The summed E-state index contributed by atoms with van der Waals surface area (Å²) in [4.78, 5) is 19.0. The van der Waals surface area contributed by atoms with Crippen LogP contribution in [0, 0.1) is 30.6 Å². The lowest BCUT2D eigenvalue weighted by Gasteiger charge is -2.53. The summed E-state index contributed by atoms with van der Waals surface area (Å²) >= 11 is 0. The van der Waals surface area contributed by atoms with Gasteiger partial charge in [0.25, 0.3) is 0 Å². The van der Waals surface area contributed by atoms with Gasteiger partial charge >= 0.3 is 5.97 Å². The van der Waals surface area contributed by atoms with Crippen LogP contribution >= 0.6 is 0 Å². The van der Waals surface area contributed by atoms with Crippen molar-refractivity contribution in [2.24, 2.45) is 23.7 Å². The molecule has 4 nitrogen and oxygen atoms in total. The van der Waals surface area contributed by atoms with E-state index in [1.807, 2.05) is 6.92 Å². The molecule has 4 saturated carbocycles. The molecule has 4 fully saturated rings. The molecule has 0 saturated heterocycles. The van der Waals surface area contributed by atoms with Gasteiger partial charge in [-0.2, -0.15) is 0 Å². The number of rotatable bonds is 3. The molecule has 0 atom stereocenters. The molecule has 4 bridgehead atoms. The van der Waals surface area contributed by atoms with Gasteiger partial charge in [0.1, 0.15) is 5.82 Å². The van der Waals surface area contributed by atoms with E-state index in [1.54, 1.807) is 0 Å². The van der Waals surface area contributed by atoms with Gasteiger partial charge in [-0.05, 0) is 62.7 Å². The van der Waals surface area contributed by atoms with Crippen molar-refractivity contribution in [1.82, 2.24) is 9.97 Å². The third kappa shape index (κ3) is 1.88. The van der Waals surface area contributed by atoms with Crippen LogP contribution in [0.25, 0.3) is 0 Å². The molecule has 0 aromatic carbocycles. The average molecular weight is 274 g/mol. The molecule has 108 valence electrons. The Bertz CT molecular complexity index is 521. The van der Waals surface area contributed by atoms with E-state index < -0.39 is 5.97 Å². The van der Waals surface area contributed by atoms with Crippen molar-refractivity contribution >= 4 is 5.97 Å². The number of carbonyl (C=O) groups is 1. The molecular formula is C16H22N2O2. The van der Waals surface area contributed by atoms with Crippen LogP contribution in [0.5, 0.6) is 0 Å². The fraction of sp³-hybridized carbons (Fsp3) is 0.750. The molecule has 1 aromatic heterocycles. The first-order valence-corrected chi connectivity index (χ1v) is 7.87. The topological polar surface area (TPSA) is 66.0 Å². The number of carboxylic acids is 1. The highest BCUT2D eigenvalue weighted by molar-refractivity contribution is 5.69. The number of aryl methyl sites for hydroxylation is 1. The number of aromatic amines is 1. The zero-order valence-electron chi connectivity index (χ0n) is 11.9. The molecule has 1 heterocycles. The molecule has 0 radical (unpaired) electrons. The normalized spacial score (nSPS) is 38.4. The van der Waals surface area contributed by atoms with Gasteiger partial charge in [-0.15, -0.1) is 0 Å². The van der Waals surface area contributed by atoms with Crippen LogP contribution < -0.4 is 0 Å². The molecule has 0 amide bonds. The number of hydrogen-bond donors (Lipinski definition) is 2. The van der Waals surface area contributed by atoms with Gasteiger partial charge < -0.3 is 10.1 Å². The highest BCUT2D eigenvalue weighted by atomic mass is 16.4. The van der Waals surface area contributed by atoms with E-state index in [1.165, 1.54) is 32.1 Å². The summed E-state index contributed by atoms with van der Waals surface area (Å²) in [6.45, 7) is 1.95. The molecule has 0 aliphatic heterocycles. The average Bonchev–Trinajstić information content (AvgIpc) is 2.68. The highest BCUT2D eigenvalue weighted by Gasteiger charge is 2.49. The number of aliphatic carboxylic acids is 1. The first-order valence-electron chi connectivity index (χ1n) is 7.87. The Morgan fingerprint density at radius 1 is 1.20 bits per heavy atom. The number of imidazole rings is 1. The van der Waals surface area contributed by atoms with Crippen LogP contribution in [0.3, 0.4) is 0 Å². The first kappa shape index (κ1) is 12.4. The number of hydrogen-bond acceptors (Lipinski definition) is 2. The van der Waals surface area contributed by atoms with Crippen LogP contribution in [0.1, 0.15) is 55.2 Å². The van der Waals surface area contributed by atoms with E-state index in [-0.39, 0.29) is 6.42 Å². The van der Waals surface area contributed by atoms with Crippen molar-refractivity contribution in [3.63, 3.8) is 0 Å². The van der Waals surface area contributed by atoms with Gasteiger partial charge in [-0.25, -0.2) is 4.98 Å². The Kier molecular flexibility index (Phi) is 2.69. The minimum atomic E-state index is -0.795. The number of nitrogens with one attached hydrogen (secondary N) is 1. The van der Waals surface area contributed by atoms with Gasteiger partial charge in [0.15, 0.2) is 0 Å². The van der Waals surface area contributed by atoms with Gasteiger partial charge in [-0.1, -0.05) is 0 Å². The second-order valence-corrected chi connectivity index (χ2v) is 7.22. The van der Waals surface area contributed by atoms with Gasteiger partial charge in [0, 0.05) is 11.6 Å². The SMILES string of the molecule is Cc1[nH]c(C2C3CC4CC(C3)CC2C4)nc1CC(=O)O. The number of H-pyrrole nitrogens is 1. The smallest absolute Gasteiger partial charge is 0.309 e. The van der Waals surface area contributed by atoms with E-state index in [9.17, 15) is 4.79 Å². The summed E-state index contributed by atoms with van der Waals surface area (Å²) in [5, 5.41) is 8.96. The van der Waals surface area contributed by atoms with Crippen LogP contribution in [0.15, 0.2) is 0 Å². The third-order valence-electron chi connectivity index (χ3n) is 5.86. The predicted molar refractivity (Wildman–Crippen MR) is 74.5 cm³/mol. The maximum absolute atomic E-state index is 10.9. The zero-order chi connectivity index (χ0) is 13.9. The Morgan fingerprint density at radius 2 is 1.80 bits per heavy atom. The third-order valence-corrected chi connectivity index (χ3v) is 5.86. The van der Waals surface area contributed by atoms with E-state index in [4.69, 9.17) is 5.11 Å². The summed E-state index contributed by atoms with van der Waals surface area (Å²) in [6, 6.07) is 0. The zero-order valence-corrected chi connectivity index (χ0v) is 11.9. The minimum Gasteiger partial charge on any atom is -0.481 e. The monoisotopic (exact) mass is 274 g/mol. The van der Waals surface area contributed by atoms with Crippen molar-refractivity contribution < 1.29 is 9.90 Å². The fourth-order valence-corrected chi connectivity index (χ4v) is 5.37. The van der Waals surface area contributed by atoms with Crippen molar-refractivity contribution in [2.45, 2.75) is 51.4 Å². The van der Waals surface area contributed by atoms with Crippen molar-refractivity contribution in [3.8, 4) is 0 Å². The maximum Gasteiger partial charge on any atom is 0.309 e.